The van der Waals surface area contributed by atoms with Gasteiger partial charge in [0.05, 0.1) is 11.9 Å². The van der Waals surface area contributed by atoms with Crippen molar-refractivity contribution in [3.8, 4) is 11.5 Å². The van der Waals surface area contributed by atoms with Gasteiger partial charge in [-0.15, -0.1) is 10.2 Å². The summed E-state index contributed by atoms with van der Waals surface area (Å²) in [5.74, 6) is -1.81. The molecule has 0 saturated carbocycles. The summed E-state index contributed by atoms with van der Waals surface area (Å²) in [5.41, 5.74) is 0.748. The molecule has 2 heterocycles. The summed E-state index contributed by atoms with van der Waals surface area (Å²) in [4.78, 5) is 20.1. The molecule has 2 aromatic heterocycles. The summed E-state index contributed by atoms with van der Waals surface area (Å²) >= 11 is 1.16. The lowest BCUT2D eigenvalue weighted by atomic mass is 10.3. The van der Waals surface area contributed by atoms with E-state index in [4.69, 9.17) is 0 Å². The lowest BCUT2D eigenvalue weighted by Crippen LogP contribution is -2.14. The molecule has 0 aliphatic heterocycles. The van der Waals surface area contributed by atoms with Gasteiger partial charge in [-0.1, -0.05) is 11.8 Å². The van der Waals surface area contributed by atoms with Crippen LogP contribution in [-0.4, -0.2) is 36.4 Å². The Bertz CT molecular complexity index is 902. The molecule has 0 atom stereocenters. The van der Waals surface area contributed by atoms with Gasteiger partial charge in [-0.25, -0.2) is 13.8 Å². The monoisotopic (exact) mass is 362 g/mol. The van der Waals surface area contributed by atoms with Gasteiger partial charge in [0.15, 0.2) is 22.6 Å². The predicted octanol–water partition coefficient (Wildman–Crippen LogP) is 2.28. The van der Waals surface area contributed by atoms with Crippen LogP contribution in [0.3, 0.4) is 0 Å². The molecule has 3 rings (SSSR count). The Morgan fingerprint density at radius 1 is 1.24 bits per heavy atom. The predicted molar refractivity (Wildman–Crippen MR) is 87.7 cm³/mol. The zero-order chi connectivity index (χ0) is 17.8. The molecule has 0 radical (unpaired) electrons. The van der Waals surface area contributed by atoms with Crippen LogP contribution >= 0.6 is 11.8 Å². The normalized spacial score (nSPS) is 10.7. The summed E-state index contributed by atoms with van der Waals surface area (Å²) in [6.07, 6.45) is 4.67. The standard InChI is InChI=1S/C15H12F2N6OS/c1-23-14(12-7-18-4-5-19-12)21-22-15(23)25-8-13(24)20-9-2-3-10(16)11(17)6-9/h2-7H,8H2,1H3,(H,20,24). The minimum atomic E-state index is -1.02. The van der Waals surface area contributed by atoms with E-state index < -0.39 is 11.6 Å². The molecule has 3 aromatic rings. The van der Waals surface area contributed by atoms with E-state index >= 15 is 0 Å². The number of nitrogens with zero attached hydrogens (tertiary/aromatic N) is 5. The maximum absolute atomic E-state index is 13.1. The Labute approximate surface area is 145 Å². The van der Waals surface area contributed by atoms with E-state index in [0.29, 0.717) is 16.7 Å². The van der Waals surface area contributed by atoms with Crippen molar-refractivity contribution < 1.29 is 13.6 Å². The molecule has 128 valence electrons. The number of aromatic nitrogens is 5. The van der Waals surface area contributed by atoms with Crippen molar-refractivity contribution in [3.05, 3.63) is 48.4 Å². The van der Waals surface area contributed by atoms with Crippen molar-refractivity contribution in [2.45, 2.75) is 5.16 Å². The molecule has 1 N–H and O–H groups in total. The lowest BCUT2D eigenvalue weighted by molar-refractivity contribution is -0.113. The topological polar surface area (TPSA) is 85.6 Å². The highest BCUT2D eigenvalue weighted by molar-refractivity contribution is 7.99. The van der Waals surface area contributed by atoms with Crippen LogP contribution in [0.15, 0.2) is 41.9 Å². The molecule has 0 fully saturated rings. The number of halogens is 2. The molecule has 25 heavy (non-hydrogen) atoms. The zero-order valence-corrected chi connectivity index (χ0v) is 13.8. The molecule has 0 unspecified atom stereocenters. The average Bonchev–Trinajstić information content (AvgIpc) is 2.98. The van der Waals surface area contributed by atoms with E-state index in [0.717, 1.165) is 23.9 Å². The SMILES string of the molecule is Cn1c(SCC(=O)Nc2ccc(F)c(F)c2)nnc1-c1cnccn1. The first-order valence-electron chi connectivity index (χ1n) is 7.08. The van der Waals surface area contributed by atoms with Crippen molar-refractivity contribution in [2.75, 3.05) is 11.1 Å². The highest BCUT2D eigenvalue weighted by Crippen LogP contribution is 2.21. The van der Waals surface area contributed by atoms with Gasteiger partial charge in [0.25, 0.3) is 0 Å². The first kappa shape index (κ1) is 17.0. The third-order valence-corrected chi connectivity index (χ3v) is 4.18. The Balaban J connectivity index is 1.63. The number of rotatable bonds is 5. The van der Waals surface area contributed by atoms with Crippen molar-refractivity contribution in [1.29, 1.82) is 0 Å². The van der Waals surface area contributed by atoms with Crippen molar-refractivity contribution in [1.82, 2.24) is 24.7 Å². The molecule has 1 amide bonds. The van der Waals surface area contributed by atoms with Crippen molar-refractivity contribution in [2.24, 2.45) is 7.05 Å². The van der Waals surface area contributed by atoms with Crippen molar-refractivity contribution >= 4 is 23.4 Å². The number of thioether (sulfide) groups is 1. The molecular weight excluding hydrogens is 350 g/mol. The summed E-state index contributed by atoms with van der Waals surface area (Å²) in [6, 6.07) is 3.16. The van der Waals surface area contributed by atoms with E-state index in [-0.39, 0.29) is 17.3 Å². The molecule has 7 nitrogen and oxygen atoms in total. The van der Waals surface area contributed by atoms with E-state index in [9.17, 15) is 13.6 Å². The first-order valence-corrected chi connectivity index (χ1v) is 8.06. The summed E-state index contributed by atoms with van der Waals surface area (Å²) in [6.45, 7) is 0. The number of benzene rings is 1. The smallest absolute Gasteiger partial charge is 0.234 e. The minimum Gasteiger partial charge on any atom is -0.325 e. The van der Waals surface area contributed by atoms with Gasteiger partial charge in [0, 0.05) is 31.2 Å². The first-order chi connectivity index (χ1) is 12.0. The number of hydrogen-bond donors (Lipinski definition) is 1. The Morgan fingerprint density at radius 2 is 2.08 bits per heavy atom. The van der Waals surface area contributed by atoms with Gasteiger partial charge in [-0.05, 0) is 12.1 Å². The molecule has 0 spiro atoms. The highest BCUT2D eigenvalue weighted by atomic mass is 32.2. The molecule has 0 aliphatic rings. The van der Waals surface area contributed by atoms with Crippen LogP contribution in [0.2, 0.25) is 0 Å². The van der Waals surface area contributed by atoms with Crippen LogP contribution in [-0.2, 0) is 11.8 Å². The fourth-order valence-electron chi connectivity index (χ4n) is 1.98. The summed E-state index contributed by atoms with van der Waals surface area (Å²) < 4.78 is 27.7. The van der Waals surface area contributed by atoms with E-state index in [1.807, 2.05) is 0 Å². The van der Waals surface area contributed by atoms with E-state index in [1.54, 1.807) is 30.2 Å². The molecule has 0 bridgehead atoms. The van der Waals surface area contributed by atoms with Crippen LogP contribution in [0.4, 0.5) is 14.5 Å². The third-order valence-electron chi connectivity index (χ3n) is 3.16. The van der Waals surface area contributed by atoms with Crippen LogP contribution < -0.4 is 5.32 Å². The second-order valence-electron chi connectivity index (χ2n) is 4.92. The zero-order valence-electron chi connectivity index (χ0n) is 13.0. The largest absolute Gasteiger partial charge is 0.325 e. The van der Waals surface area contributed by atoms with Crippen LogP contribution in [0.1, 0.15) is 0 Å². The van der Waals surface area contributed by atoms with Crippen LogP contribution in [0.5, 0.6) is 0 Å². The second-order valence-corrected chi connectivity index (χ2v) is 5.86. The number of anilines is 1. The fourth-order valence-corrected chi connectivity index (χ4v) is 2.69. The van der Waals surface area contributed by atoms with E-state index in [1.165, 1.54) is 6.07 Å². The molecule has 10 heteroatoms. The molecular formula is C15H12F2N6OS. The second kappa shape index (κ2) is 7.34. The molecule has 0 saturated heterocycles. The fraction of sp³-hybridized carbons (Fsp3) is 0.133. The number of carbonyl (C=O) groups is 1. The minimum absolute atomic E-state index is 0.0332. The van der Waals surface area contributed by atoms with Gasteiger partial charge >= 0.3 is 0 Å². The van der Waals surface area contributed by atoms with Crippen LogP contribution in [0.25, 0.3) is 11.5 Å². The highest BCUT2D eigenvalue weighted by Gasteiger charge is 2.14. The van der Waals surface area contributed by atoms with Gasteiger partial charge < -0.3 is 9.88 Å². The summed E-state index contributed by atoms with van der Waals surface area (Å²) in [7, 11) is 1.75. The van der Waals surface area contributed by atoms with Gasteiger partial charge in [-0.2, -0.15) is 0 Å². The molecule has 1 aromatic carbocycles. The van der Waals surface area contributed by atoms with Gasteiger partial charge in [0.1, 0.15) is 5.69 Å². The molecule has 0 aliphatic carbocycles. The number of amides is 1. The van der Waals surface area contributed by atoms with Gasteiger partial charge in [0.2, 0.25) is 5.91 Å². The average molecular weight is 362 g/mol. The van der Waals surface area contributed by atoms with Gasteiger partial charge in [-0.3, -0.25) is 9.78 Å². The summed E-state index contributed by atoms with van der Waals surface area (Å²) in [5, 5.41) is 11.1. The maximum Gasteiger partial charge on any atom is 0.234 e. The Morgan fingerprint density at radius 3 is 2.80 bits per heavy atom. The van der Waals surface area contributed by atoms with Crippen LogP contribution in [0, 0.1) is 11.6 Å². The number of carbonyl (C=O) groups excluding carboxylic acids is 1. The number of hydrogen-bond acceptors (Lipinski definition) is 6. The van der Waals surface area contributed by atoms with Crippen molar-refractivity contribution in [3.63, 3.8) is 0 Å². The van der Waals surface area contributed by atoms with E-state index in [2.05, 4.69) is 25.5 Å². The number of nitrogens with one attached hydrogen (secondary N) is 1. The lowest BCUT2D eigenvalue weighted by Gasteiger charge is -2.06. The third kappa shape index (κ3) is 3.97. The Hall–Kier alpha value is -2.88. The maximum atomic E-state index is 13.1. The quantitative estimate of drug-likeness (QED) is 0.701. The Kier molecular flexibility index (Phi) is 4.98.